The van der Waals surface area contributed by atoms with E-state index >= 15 is 0 Å². The fraction of sp³-hybridized carbons (Fsp3) is 0.478. The molecule has 0 N–H and O–H groups in total. The molecule has 5 heterocycles. The molecule has 3 aliphatic rings. The van der Waals surface area contributed by atoms with Crippen LogP contribution >= 0.6 is 11.3 Å². The number of ether oxygens (including phenoxy) is 3. The molecule has 0 aliphatic carbocycles. The molecule has 1 atom stereocenters. The Kier molecular flexibility index (Phi) is 6.31. The molecular weight excluding hydrogens is 412 g/mol. The van der Waals surface area contributed by atoms with Crippen LogP contribution < -0.4 is 4.74 Å². The van der Waals surface area contributed by atoms with Crippen molar-refractivity contribution >= 4 is 11.3 Å². The maximum absolute atomic E-state index is 5.70. The molecule has 6 rings (SSSR count). The van der Waals surface area contributed by atoms with Crippen molar-refractivity contribution in [1.29, 1.82) is 0 Å². The van der Waals surface area contributed by atoms with E-state index in [9.17, 15) is 0 Å². The van der Waals surface area contributed by atoms with Crippen LogP contribution in [0, 0.1) is 5.92 Å². The van der Waals surface area contributed by atoms with Gasteiger partial charge in [0, 0.05) is 18.5 Å². The third-order valence-corrected chi connectivity index (χ3v) is 7.32. The number of hydrogen-bond acceptors (Lipinski definition) is 7. The molecule has 0 radical (unpaired) electrons. The van der Waals surface area contributed by atoms with Gasteiger partial charge in [-0.3, -0.25) is 0 Å². The SMILES string of the molecule is COCOCCOc1ccc(-c2ccc(-c3cn([C@H]4CN5CCC4CC5)nn3)s2)cc1. The van der Waals surface area contributed by atoms with E-state index in [1.54, 1.807) is 18.4 Å². The summed E-state index contributed by atoms with van der Waals surface area (Å²) >= 11 is 1.75. The third kappa shape index (κ3) is 4.67. The van der Waals surface area contributed by atoms with Gasteiger partial charge < -0.3 is 19.1 Å². The van der Waals surface area contributed by atoms with Crippen molar-refractivity contribution in [3.63, 3.8) is 0 Å². The van der Waals surface area contributed by atoms with Crippen molar-refractivity contribution < 1.29 is 14.2 Å². The molecule has 2 aromatic heterocycles. The van der Waals surface area contributed by atoms with E-state index in [1.165, 1.54) is 36.4 Å². The Balaban J connectivity index is 1.22. The lowest BCUT2D eigenvalue weighted by Crippen LogP contribution is -2.48. The average Bonchev–Trinajstić information content (AvgIpc) is 3.50. The first-order valence-electron chi connectivity index (χ1n) is 10.8. The fourth-order valence-corrected chi connectivity index (χ4v) is 5.45. The molecule has 3 saturated heterocycles. The zero-order valence-electron chi connectivity index (χ0n) is 17.8. The van der Waals surface area contributed by atoms with Gasteiger partial charge in [-0.25, -0.2) is 4.68 Å². The van der Waals surface area contributed by atoms with E-state index in [1.807, 2.05) is 12.1 Å². The van der Waals surface area contributed by atoms with Gasteiger partial charge in [-0.05, 0) is 73.8 Å². The fourth-order valence-electron chi connectivity index (χ4n) is 4.49. The van der Waals surface area contributed by atoms with Gasteiger partial charge in [0.25, 0.3) is 0 Å². The molecule has 0 saturated carbocycles. The highest BCUT2D eigenvalue weighted by Crippen LogP contribution is 2.37. The van der Waals surface area contributed by atoms with Crippen molar-refractivity contribution in [2.45, 2.75) is 18.9 Å². The Morgan fingerprint density at radius 1 is 1.03 bits per heavy atom. The number of hydrogen-bond donors (Lipinski definition) is 0. The van der Waals surface area contributed by atoms with Crippen LogP contribution in [-0.2, 0) is 9.47 Å². The molecule has 31 heavy (non-hydrogen) atoms. The summed E-state index contributed by atoms with van der Waals surface area (Å²) in [4.78, 5) is 4.91. The second-order valence-electron chi connectivity index (χ2n) is 8.14. The highest BCUT2D eigenvalue weighted by Gasteiger charge is 2.35. The Morgan fingerprint density at radius 3 is 2.58 bits per heavy atom. The monoisotopic (exact) mass is 440 g/mol. The maximum Gasteiger partial charge on any atom is 0.146 e. The van der Waals surface area contributed by atoms with Gasteiger partial charge in [0.1, 0.15) is 24.8 Å². The van der Waals surface area contributed by atoms with E-state index in [0.29, 0.717) is 19.3 Å². The molecule has 8 heteroatoms. The Morgan fingerprint density at radius 2 is 1.84 bits per heavy atom. The smallest absolute Gasteiger partial charge is 0.146 e. The molecule has 164 valence electrons. The van der Waals surface area contributed by atoms with Crippen LogP contribution in [0.1, 0.15) is 18.9 Å². The minimum atomic E-state index is 0.288. The van der Waals surface area contributed by atoms with Crippen LogP contribution in [0.3, 0.4) is 0 Å². The lowest BCUT2D eigenvalue weighted by atomic mass is 9.84. The van der Waals surface area contributed by atoms with E-state index in [4.69, 9.17) is 14.2 Å². The van der Waals surface area contributed by atoms with Crippen LogP contribution in [0.5, 0.6) is 5.75 Å². The molecule has 0 spiro atoms. The number of thiophene rings is 1. The minimum Gasteiger partial charge on any atom is -0.491 e. The van der Waals surface area contributed by atoms with Gasteiger partial charge >= 0.3 is 0 Å². The minimum absolute atomic E-state index is 0.288. The summed E-state index contributed by atoms with van der Waals surface area (Å²) < 4.78 is 17.9. The number of methoxy groups -OCH3 is 1. The first kappa shape index (κ1) is 20.6. The van der Waals surface area contributed by atoms with E-state index in [0.717, 1.165) is 28.8 Å². The van der Waals surface area contributed by atoms with Crippen LogP contribution in [0.4, 0.5) is 0 Å². The number of aromatic nitrogens is 3. The van der Waals surface area contributed by atoms with Gasteiger partial charge in [0.2, 0.25) is 0 Å². The summed E-state index contributed by atoms with van der Waals surface area (Å²) in [6.45, 7) is 4.88. The molecule has 2 bridgehead atoms. The Labute approximate surface area is 186 Å². The van der Waals surface area contributed by atoms with Crippen molar-refractivity contribution in [2.24, 2.45) is 5.92 Å². The molecule has 0 unspecified atom stereocenters. The van der Waals surface area contributed by atoms with Crippen LogP contribution in [0.25, 0.3) is 21.0 Å². The van der Waals surface area contributed by atoms with Gasteiger partial charge in [-0.2, -0.15) is 0 Å². The molecule has 1 aromatic carbocycles. The van der Waals surface area contributed by atoms with Gasteiger partial charge in [-0.15, -0.1) is 16.4 Å². The maximum atomic E-state index is 5.70. The summed E-state index contributed by atoms with van der Waals surface area (Å²) in [5.41, 5.74) is 2.13. The molecule has 0 amide bonds. The lowest BCUT2D eigenvalue weighted by molar-refractivity contribution is -0.0387. The zero-order valence-corrected chi connectivity index (χ0v) is 18.6. The molecule has 3 fully saturated rings. The predicted molar refractivity (Wildman–Crippen MR) is 120 cm³/mol. The lowest BCUT2D eigenvalue weighted by Gasteiger charge is -2.44. The predicted octanol–water partition coefficient (Wildman–Crippen LogP) is 3.94. The Bertz CT molecular complexity index is 979. The van der Waals surface area contributed by atoms with Gasteiger partial charge in [0.15, 0.2) is 0 Å². The largest absolute Gasteiger partial charge is 0.491 e. The second-order valence-corrected chi connectivity index (χ2v) is 9.22. The first-order chi connectivity index (χ1) is 15.3. The molecule has 3 aliphatic heterocycles. The third-order valence-electron chi connectivity index (χ3n) is 6.17. The second kappa shape index (κ2) is 9.48. The quantitative estimate of drug-likeness (QED) is 0.371. The van der Waals surface area contributed by atoms with Crippen LogP contribution in [0.2, 0.25) is 0 Å². The number of benzene rings is 1. The van der Waals surface area contributed by atoms with Crippen molar-refractivity contribution in [3.8, 4) is 26.8 Å². The number of piperidine rings is 3. The number of nitrogens with zero attached hydrogens (tertiary/aromatic N) is 4. The van der Waals surface area contributed by atoms with Crippen molar-refractivity contribution in [2.75, 3.05) is 46.8 Å². The van der Waals surface area contributed by atoms with E-state index < -0.39 is 0 Å². The summed E-state index contributed by atoms with van der Waals surface area (Å²) in [5, 5.41) is 8.97. The standard InChI is InChI=1S/C23H28N4O3S/c1-28-16-29-12-13-30-19-4-2-18(3-5-19)22-6-7-23(31-22)20-14-27(25-24-20)21-15-26-10-8-17(21)9-11-26/h2-7,14,17,21H,8-13,15-16H2,1H3/t21-/m0/s1. The summed E-state index contributed by atoms with van der Waals surface area (Å²) in [6, 6.07) is 12.9. The highest BCUT2D eigenvalue weighted by molar-refractivity contribution is 7.18. The van der Waals surface area contributed by atoms with Crippen molar-refractivity contribution in [3.05, 3.63) is 42.6 Å². The van der Waals surface area contributed by atoms with E-state index in [2.05, 4.69) is 50.4 Å². The molecule has 7 nitrogen and oxygen atoms in total. The van der Waals surface area contributed by atoms with Gasteiger partial charge in [-0.1, -0.05) is 5.21 Å². The van der Waals surface area contributed by atoms with Crippen LogP contribution in [-0.4, -0.2) is 66.6 Å². The Hall–Kier alpha value is -2.26. The summed E-state index contributed by atoms with van der Waals surface area (Å²) in [6.07, 6.45) is 4.69. The number of rotatable bonds is 9. The highest BCUT2D eigenvalue weighted by atomic mass is 32.1. The molecule has 3 aromatic rings. The summed E-state index contributed by atoms with van der Waals surface area (Å²) in [5.74, 6) is 1.58. The molecular formula is C23H28N4O3S. The average molecular weight is 441 g/mol. The zero-order chi connectivity index (χ0) is 21.0. The first-order valence-corrected chi connectivity index (χ1v) is 11.7. The van der Waals surface area contributed by atoms with E-state index in [-0.39, 0.29) is 6.79 Å². The topological polar surface area (TPSA) is 61.6 Å². The van der Waals surface area contributed by atoms with Gasteiger partial charge in [0.05, 0.1) is 23.7 Å². The number of fused-ring (bicyclic) bond motifs is 3. The van der Waals surface area contributed by atoms with Crippen LogP contribution in [0.15, 0.2) is 42.6 Å². The normalized spacial score (nSPS) is 22.7. The summed E-state index contributed by atoms with van der Waals surface area (Å²) in [7, 11) is 1.61. The van der Waals surface area contributed by atoms with Crippen molar-refractivity contribution in [1.82, 2.24) is 19.9 Å².